The molecule has 0 unspecified atom stereocenters. The summed E-state index contributed by atoms with van der Waals surface area (Å²) in [5.74, 6) is -0.189. The molecule has 0 aliphatic carbocycles. The molecule has 1 aromatic heterocycles. The fourth-order valence-electron chi connectivity index (χ4n) is 2.03. The van der Waals surface area contributed by atoms with Gasteiger partial charge in [-0.15, -0.1) is 0 Å². The smallest absolute Gasteiger partial charge is 0.167 e. The fraction of sp³-hybridized carbons (Fsp3) is 0.583. The van der Waals surface area contributed by atoms with E-state index in [0.717, 1.165) is 13.1 Å². The lowest BCUT2D eigenvalue weighted by molar-refractivity contribution is 0.385. The number of anilines is 1. The second kappa shape index (κ2) is 4.37. The van der Waals surface area contributed by atoms with E-state index in [2.05, 4.69) is 24.1 Å². The van der Waals surface area contributed by atoms with Gasteiger partial charge in [0.15, 0.2) is 5.82 Å². The molecule has 4 heteroatoms. The van der Waals surface area contributed by atoms with Crippen LogP contribution in [0, 0.1) is 12.7 Å². The lowest BCUT2D eigenvalue weighted by Gasteiger charge is -2.42. The van der Waals surface area contributed by atoms with Gasteiger partial charge in [0.2, 0.25) is 0 Å². The highest BCUT2D eigenvalue weighted by molar-refractivity contribution is 5.51. The molecule has 88 valence electrons. The van der Waals surface area contributed by atoms with Crippen LogP contribution in [-0.2, 0) is 0 Å². The van der Waals surface area contributed by atoms with Gasteiger partial charge in [0.25, 0.3) is 0 Å². The minimum absolute atomic E-state index is 0.189. The van der Waals surface area contributed by atoms with Crippen LogP contribution in [0.2, 0.25) is 0 Å². The summed E-state index contributed by atoms with van der Waals surface area (Å²) in [6.45, 7) is 7.69. The Morgan fingerprint density at radius 3 is 2.81 bits per heavy atom. The summed E-state index contributed by atoms with van der Waals surface area (Å²) in [5.41, 5.74) is 1.15. The molecule has 0 amide bonds. The molecule has 2 heterocycles. The summed E-state index contributed by atoms with van der Waals surface area (Å²) in [6.07, 6.45) is 1.66. The van der Waals surface area contributed by atoms with Crippen LogP contribution in [0.1, 0.15) is 19.5 Å². The Morgan fingerprint density at radius 1 is 1.50 bits per heavy atom. The van der Waals surface area contributed by atoms with Crippen LogP contribution in [-0.4, -0.2) is 30.2 Å². The Balaban J connectivity index is 1.99. The average molecular weight is 223 g/mol. The van der Waals surface area contributed by atoms with Crippen molar-refractivity contribution in [3.05, 3.63) is 23.8 Å². The first-order valence-corrected chi connectivity index (χ1v) is 5.70. The van der Waals surface area contributed by atoms with Gasteiger partial charge in [-0.2, -0.15) is 0 Å². The summed E-state index contributed by atoms with van der Waals surface area (Å²) in [7, 11) is 0. The molecular weight excluding hydrogens is 205 g/mol. The molecule has 1 N–H and O–H groups in total. The number of pyridine rings is 1. The molecule has 0 aromatic carbocycles. The maximum Gasteiger partial charge on any atom is 0.167 e. The quantitative estimate of drug-likeness (QED) is 0.845. The zero-order chi connectivity index (χ0) is 11.7. The van der Waals surface area contributed by atoms with Crippen molar-refractivity contribution < 1.29 is 4.39 Å². The molecular formula is C12H18FN3. The molecule has 1 saturated heterocycles. The van der Waals surface area contributed by atoms with Crippen molar-refractivity contribution in [2.75, 3.05) is 18.0 Å². The van der Waals surface area contributed by atoms with Crippen LogP contribution in [0.25, 0.3) is 0 Å². The minimum Gasteiger partial charge on any atom is -0.366 e. The highest BCUT2D eigenvalue weighted by Crippen LogP contribution is 2.25. The predicted molar refractivity (Wildman–Crippen MR) is 63.2 cm³/mol. The molecule has 1 aromatic rings. The van der Waals surface area contributed by atoms with E-state index in [1.807, 2.05) is 4.90 Å². The number of hydrogen-bond donors (Lipinski definition) is 1. The molecule has 1 aliphatic heterocycles. The first-order valence-electron chi connectivity index (χ1n) is 5.70. The van der Waals surface area contributed by atoms with Crippen LogP contribution >= 0.6 is 0 Å². The van der Waals surface area contributed by atoms with E-state index in [4.69, 9.17) is 0 Å². The lowest BCUT2D eigenvalue weighted by atomic mass is 10.1. The third kappa shape index (κ3) is 2.16. The first kappa shape index (κ1) is 11.3. The van der Waals surface area contributed by atoms with Gasteiger partial charge in [0.05, 0.1) is 11.4 Å². The number of aryl methyl sites for hydroxylation is 1. The van der Waals surface area contributed by atoms with E-state index in [1.165, 1.54) is 0 Å². The van der Waals surface area contributed by atoms with E-state index in [0.29, 0.717) is 23.5 Å². The molecule has 0 saturated carbocycles. The number of halogens is 1. The van der Waals surface area contributed by atoms with Gasteiger partial charge >= 0.3 is 0 Å². The Morgan fingerprint density at radius 2 is 2.19 bits per heavy atom. The van der Waals surface area contributed by atoms with Crippen molar-refractivity contribution in [1.29, 1.82) is 0 Å². The topological polar surface area (TPSA) is 28.2 Å². The molecule has 0 bridgehead atoms. The number of hydrogen-bond acceptors (Lipinski definition) is 3. The minimum atomic E-state index is -0.189. The van der Waals surface area contributed by atoms with Crippen LogP contribution < -0.4 is 10.2 Å². The molecule has 3 nitrogen and oxygen atoms in total. The van der Waals surface area contributed by atoms with Gasteiger partial charge in [-0.1, -0.05) is 13.8 Å². The highest BCUT2D eigenvalue weighted by Gasteiger charge is 2.29. The molecule has 0 spiro atoms. The van der Waals surface area contributed by atoms with Crippen molar-refractivity contribution in [2.45, 2.75) is 32.9 Å². The summed E-state index contributed by atoms with van der Waals surface area (Å²) < 4.78 is 13.7. The van der Waals surface area contributed by atoms with Crippen molar-refractivity contribution in [1.82, 2.24) is 10.3 Å². The van der Waals surface area contributed by atoms with E-state index in [9.17, 15) is 4.39 Å². The van der Waals surface area contributed by atoms with Gasteiger partial charge < -0.3 is 10.2 Å². The normalized spacial score (nSPS) is 16.7. The SMILES string of the molecule is Cc1nccc(N2CC(NC(C)C)C2)c1F. The molecule has 1 fully saturated rings. The van der Waals surface area contributed by atoms with Gasteiger partial charge in [0.1, 0.15) is 0 Å². The second-order valence-electron chi connectivity index (χ2n) is 4.65. The van der Waals surface area contributed by atoms with E-state index in [1.54, 1.807) is 19.2 Å². The zero-order valence-corrected chi connectivity index (χ0v) is 10.00. The Hall–Kier alpha value is -1.16. The van der Waals surface area contributed by atoms with Crippen LogP contribution in [0.4, 0.5) is 10.1 Å². The van der Waals surface area contributed by atoms with Crippen molar-refractivity contribution in [3.8, 4) is 0 Å². The summed E-state index contributed by atoms with van der Waals surface area (Å²) in [5, 5.41) is 3.43. The van der Waals surface area contributed by atoms with Crippen LogP contribution in [0.5, 0.6) is 0 Å². The standard InChI is InChI=1S/C12H18FN3/c1-8(2)15-10-6-16(7-10)11-4-5-14-9(3)12(11)13/h4-5,8,10,15H,6-7H2,1-3H3. The lowest BCUT2D eigenvalue weighted by Crippen LogP contribution is -2.59. The molecule has 1 aliphatic rings. The Kier molecular flexibility index (Phi) is 3.10. The number of nitrogens with one attached hydrogen (secondary N) is 1. The van der Waals surface area contributed by atoms with Crippen molar-refractivity contribution in [3.63, 3.8) is 0 Å². The third-order valence-electron chi connectivity index (χ3n) is 2.83. The molecule has 2 rings (SSSR count). The van der Waals surface area contributed by atoms with Crippen LogP contribution in [0.3, 0.4) is 0 Å². The molecule has 0 atom stereocenters. The average Bonchev–Trinajstić information content (AvgIpc) is 2.16. The zero-order valence-electron chi connectivity index (χ0n) is 10.00. The molecule has 16 heavy (non-hydrogen) atoms. The monoisotopic (exact) mass is 223 g/mol. The van der Waals surface area contributed by atoms with Gasteiger partial charge in [-0.05, 0) is 13.0 Å². The van der Waals surface area contributed by atoms with Crippen molar-refractivity contribution >= 4 is 5.69 Å². The second-order valence-corrected chi connectivity index (χ2v) is 4.65. The summed E-state index contributed by atoms with van der Waals surface area (Å²) >= 11 is 0. The Bertz CT molecular complexity index is 373. The Labute approximate surface area is 95.7 Å². The number of aromatic nitrogens is 1. The summed E-state index contributed by atoms with van der Waals surface area (Å²) in [6, 6.07) is 2.71. The summed E-state index contributed by atoms with van der Waals surface area (Å²) in [4.78, 5) is 5.98. The highest BCUT2D eigenvalue weighted by atomic mass is 19.1. The maximum atomic E-state index is 13.7. The van der Waals surface area contributed by atoms with Crippen molar-refractivity contribution in [2.24, 2.45) is 0 Å². The molecule has 0 radical (unpaired) electrons. The van der Waals surface area contributed by atoms with E-state index in [-0.39, 0.29) is 5.82 Å². The van der Waals surface area contributed by atoms with Gasteiger partial charge in [0, 0.05) is 31.4 Å². The third-order valence-corrected chi connectivity index (χ3v) is 2.83. The number of nitrogens with zero attached hydrogens (tertiary/aromatic N) is 2. The van der Waals surface area contributed by atoms with Gasteiger partial charge in [-0.25, -0.2) is 4.39 Å². The number of rotatable bonds is 3. The first-order chi connectivity index (χ1) is 7.58. The largest absolute Gasteiger partial charge is 0.366 e. The van der Waals surface area contributed by atoms with E-state index >= 15 is 0 Å². The maximum absolute atomic E-state index is 13.7. The van der Waals surface area contributed by atoms with Crippen LogP contribution in [0.15, 0.2) is 12.3 Å². The van der Waals surface area contributed by atoms with Gasteiger partial charge in [-0.3, -0.25) is 4.98 Å². The predicted octanol–water partition coefficient (Wildman–Crippen LogP) is 1.72. The van der Waals surface area contributed by atoms with E-state index < -0.39 is 0 Å². The fourth-order valence-corrected chi connectivity index (χ4v) is 2.03.